The van der Waals surface area contributed by atoms with Crippen LogP contribution >= 0.6 is 15.9 Å². The summed E-state index contributed by atoms with van der Waals surface area (Å²) in [5.74, 6) is 0. The van der Waals surface area contributed by atoms with Crippen molar-refractivity contribution in [2.75, 3.05) is 23.8 Å². The maximum atomic E-state index is 9.48. The molecule has 2 aromatic rings. The third-order valence-corrected chi connectivity index (χ3v) is 4.32. The molecular formula is C17H16BrN3. The zero-order chi connectivity index (χ0) is 14.8. The summed E-state index contributed by atoms with van der Waals surface area (Å²) in [6.07, 6.45) is 1.05. The quantitative estimate of drug-likeness (QED) is 0.912. The van der Waals surface area contributed by atoms with Crippen molar-refractivity contribution in [2.24, 2.45) is 0 Å². The Balaban J connectivity index is 1.86. The maximum Gasteiger partial charge on any atom is 0.140 e. The molecule has 0 radical (unpaired) electrons. The van der Waals surface area contributed by atoms with Crippen LogP contribution in [0.3, 0.4) is 0 Å². The third-order valence-electron chi connectivity index (χ3n) is 3.83. The topological polar surface area (TPSA) is 39.1 Å². The summed E-state index contributed by atoms with van der Waals surface area (Å²) >= 11 is 3.45. The van der Waals surface area contributed by atoms with Crippen LogP contribution in [0, 0.1) is 11.3 Å². The molecule has 2 aromatic carbocycles. The Morgan fingerprint density at radius 2 is 2.14 bits per heavy atom. The number of halogens is 1. The largest absolute Gasteiger partial charge is 0.374 e. The lowest BCUT2D eigenvalue weighted by Crippen LogP contribution is -2.12. The van der Waals surface area contributed by atoms with Crippen molar-refractivity contribution >= 4 is 27.3 Å². The molecule has 0 aliphatic carbocycles. The average Bonchev–Trinajstić information content (AvgIpc) is 2.86. The first-order valence-corrected chi connectivity index (χ1v) is 7.72. The number of rotatable bonds is 3. The SMILES string of the molecule is CN1CCc2cc(C(C#N)Nc3cccc(Br)c3)ccc21. The number of nitrogens with one attached hydrogen (secondary N) is 1. The van der Waals surface area contributed by atoms with Crippen LogP contribution in [0.15, 0.2) is 46.9 Å². The summed E-state index contributed by atoms with van der Waals surface area (Å²) in [6, 6.07) is 16.2. The second kappa shape index (κ2) is 5.79. The molecular weight excluding hydrogens is 326 g/mol. The molecule has 3 rings (SSSR count). The highest BCUT2D eigenvalue weighted by Crippen LogP contribution is 2.30. The van der Waals surface area contributed by atoms with Crippen molar-refractivity contribution in [1.82, 2.24) is 0 Å². The van der Waals surface area contributed by atoms with Crippen molar-refractivity contribution in [1.29, 1.82) is 5.26 Å². The van der Waals surface area contributed by atoms with E-state index in [-0.39, 0.29) is 6.04 Å². The summed E-state index contributed by atoms with van der Waals surface area (Å²) in [7, 11) is 2.10. The molecule has 0 saturated heterocycles. The van der Waals surface area contributed by atoms with Crippen molar-refractivity contribution < 1.29 is 0 Å². The van der Waals surface area contributed by atoms with Crippen LogP contribution in [0.4, 0.5) is 11.4 Å². The van der Waals surface area contributed by atoms with Gasteiger partial charge in [0.1, 0.15) is 6.04 Å². The normalized spacial score (nSPS) is 14.4. The van der Waals surface area contributed by atoms with Gasteiger partial charge in [0.05, 0.1) is 6.07 Å². The summed E-state index contributed by atoms with van der Waals surface area (Å²) in [6.45, 7) is 1.05. The fourth-order valence-electron chi connectivity index (χ4n) is 2.70. The summed E-state index contributed by atoms with van der Waals surface area (Å²) < 4.78 is 1.000. The van der Waals surface area contributed by atoms with E-state index in [0.29, 0.717) is 0 Å². The second-order valence-corrected chi connectivity index (χ2v) is 6.19. The van der Waals surface area contributed by atoms with E-state index >= 15 is 0 Å². The van der Waals surface area contributed by atoms with E-state index < -0.39 is 0 Å². The molecule has 3 nitrogen and oxygen atoms in total. The lowest BCUT2D eigenvalue weighted by molar-refractivity contribution is 0.954. The van der Waals surface area contributed by atoms with Gasteiger partial charge in [-0.25, -0.2) is 0 Å². The first-order valence-electron chi connectivity index (χ1n) is 6.93. The molecule has 0 fully saturated rings. The number of likely N-dealkylation sites (N-methyl/N-ethyl adjacent to an activating group) is 1. The van der Waals surface area contributed by atoms with E-state index in [1.165, 1.54) is 11.3 Å². The zero-order valence-electron chi connectivity index (χ0n) is 11.8. The number of nitrogens with zero attached hydrogens (tertiary/aromatic N) is 2. The molecule has 0 bridgehead atoms. The van der Waals surface area contributed by atoms with Gasteiger partial charge in [0, 0.05) is 29.4 Å². The molecule has 1 aliphatic heterocycles. The van der Waals surface area contributed by atoms with Crippen molar-refractivity contribution in [3.05, 3.63) is 58.1 Å². The highest BCUT2D eigenvalue weighted by molar-refractivity contribution is 9.10. The van der Waals surface area contributed by atoms with Crippen LogP contribution < -0.4 is 10.2 Å². The standard InChI is InChI=1S/C17H16BrN3/c1-21-8-7-13-9-12(5-6-17(13)21)16(11-19)20-15-4-2-3-14(18)10-15/h2-6,9-10,16,20H,7-8H2,1H3. The average molecular weight is 342 g/mol. The molecule has 21 heavy (non-hydrogen) atoms. The molecule has 0 saturated carbocycles. The number of hydrogen-bond acceptors (Lipinski definition) is 3. The lowest BCUT2D eigenvalue weighted by Gasteiger charge is -2.16. The minimum atomic E-state index is -0.337. The molecule has 1 atom stereocenters. The van der Waals surface area contributed by atoms with Crippen molar-refractivity contribution in [3.63, 3.8) is 0 Å². The van der Waals surface area contributed by atoms with Crippen molar-refractivity contribution in [3.8, 4) is 6.07 Å². The predicted octanol–water partition coefficient (Wildman–Crippen LogP) is 4.12. The third kappa shape index (κ3) is 2.88. The van der Waals surface area contributed by atoms with Gasteiger partial charge >= 0.3 is 0 Å². The number of anilines is 2. The van der Waals surface area contributed by atoms with Crippen LogP contribution in [0.5, 0.6) is 0 Å². The van der Waals surface area contributed by atoms with Gasteiger partial charge in [0.2, 0.25) is 0 Å². The lowest BCUT2D eigenvalue weighted by atomic mass is 10.0. The molecule has 0 spiro atoms. The number of nitriles is 1. The van der Waals surface area contributed by atoms with Gasteiger partial charge in [0.25, 0.3) is 0 Å². The molecule has 1 unspecified atom stereocenters. The molecule has 4 heteroatoms. The number of benzene rings is 2. The van der Waals surface area contributed by atoms with Crippen LogP contribution in [0.2, 0.25) is 0 Å². The summed E-state index contributed by atoms with van der Waals surface area (Å²) in [5.41, 5.74) is 4.56. The number of fused-ring (bicyclic) bond motifs is 1. The van der Waals surface area contributed by atoms with Gasteiger partial charge in [-0.1, -0.05) is 34.1 Å². The summed E-state index contributed by atoms with van der Waals surface area (Å²) in [4.78, 5) is 2.25. The van der Waals surface area contributed by atoms with Crippen LogP contribution in [-0.4, -0.2) is 13.6 Å². The summed E-state index contributed by atoms with van der Waals surface area (Å²) in [5, 5.41) is 12.8. The van der Waals surface area contributed by atoms with Crippen LogP contribution in [-0.2, 0) is 6.42 Å². The Morgan fingerprint density at radius 1 is 1.29 bits per heavy atom. The Hall–Kier alpha value is -1.99. The molecule has 0 aromatic heterocycles. The highest BCUT2D eigenvalue weighted by Gasteiger charge is 2.18. The minimum absolute atomic E-state index is 0.337. The fourth-order valence-corrected chi connectivity index (χ4v) is 3.10. The van der Waals surface area contributed by atoms with Crippen LogP contribution in [0.25, 0.3) is 0 Å². The maximum absolute atomic E-state index is 9.48. The number of hydrogen-bond donors (Lipinski definition) is 1. The van der Waals surface area contributed by atoms with Crippen molar-refractivity contribution in [2.45, 2.75) is 12.5 Å². The molecule has 1 N–H and O–H groups in total. The first-order chi connectivity index (χ1) is 10.2. The van der Waals surface area contributed by atoms with Gasteiger partial charge in [0.15, 0.2) is 0 Å². The molecule has 0 amide bonds. The Morgan fingerprint density at radius 3 is 2.90 bits per heavy atom. The van der Waals surface area contributed by atoms with E-state index in [9.17, 15) is 5.26 Å². The Bertz CT molecular complexity index is 705. The van der Waals surface area contributed by atoms with Gasteiger partial charge < -0.3 is 10.2 Å². The fraction of sp³-hybridized carbons (Fsp3) is 0.235. The van der Waals surface area contributed by atoms with E-state index in [4.69, 9.17) is 0 Å². The second-order valence-electron chi connectivity index (χ2n) is 5.28. The monoisotopic (exact) mass is 341 g/mol. The van der Waals surface area contributed by atoms with E-state index in [2.05, 4.69) is 51.4 Å². The smallest absolute Gasteiger partial charge is 0.140 e. The first kappa shape index (κ1) is 14.0. The van der Waals surface area contributed by atoms with Gasteiger partial charge in [-0.05, 0) is 41.8 Å². The van der Waals surface area contributed by atoms with Crippen LogP contribution in [0.1, 0.15) is 17.2 Å². The molecule has 106 valence electrons. The zero-order valence-corrected chi connectivity index (χ0v) is 13.4. The minimum Gasteiger partial charge on any atom is -0.374 e. The van der Waals surface area contributed by atoms with Gasteiger partial charge in [-0.15, -0.1) is 0 Å². The Labute approximate surface area is 133 Å². The molecule has 1 aliphatic rings. The Kier molecular flexibility index (Phi) is 3.85. The van der Waals surface area contributed by atoms with E-state index in [1.54, 1.807) is 0 Å². The van der Waals surface area contributed by atoms with E-state index in [0.717, 1.165) is 28.7 Å². The molecule has 1 heterocycles. The van der Waals surface area contributed by atoms with Gasteiger partial charge in [-0.2, -0.15) is 5.26 Å². The van der Waals surface area contributed by atoms with Gasteiger partial charge in [-0.3, -0.25) is 0 Å². The highest BCUT2D eigenvalue weighted by atomic mass is 79.9. The predicted molar refractivity (Wildman–Crippen MR) is 89.5 cm³/mol. The van der Waals surface area contributed by atoms with E-state index in [1.807, 2.05) is 30.3 Å².